The van der Waals surface area contributed by atoms with Crippen molar-refractivity contribution < 1.29 is 4.79 Å². The molecule has 0 heterocycles. The summed E-state index contributed by atoms with van der Waals surface area (Å²) in [5.41, 5.74) is 12.4. The van der Waals surface area contributed by atoms with Crippen LogP contribution >= 0.6 is 0 Å². The summed E-state index contributed by atoms with van der Waals surface area (Å²) in [7, 11) is 0. The van der Waals surface area contributed by atoms with E-state index >= 15 is 0 Å². The van der Waals surface area contributed by atoms with E-state index in [2.05, 4.69) is 24.4 Å². The van der Waals surface area contributed by atoms with E-state index in [1.54, 1.807) is 12.1 Å². The average Bonchev–Trinajstić information content (AvgIpc) is 2.53. The lowest BCUT2D eigenvalue weighted by atomic mass is 10.0. The van der Waals surface area contributed by atoms with E-state index < -0.39 is 0 Å². The maximum atomic E-state index is 12.1. The highest BCUT2D eigenvalue weighted by Crippen LogP contribution is 2.14. The van der Waals surface area contributed by atoms with Crippen LogP contribution < -0.4 is 11.2 Å². The third kappa shape index (κ3) is 3.95. The fraction of sp³-hybridized carbons (Fsp3) is 0.222. The van der Waals surface area contributed by atoms with Gasteiger partial charge in [0.05, 0.1) is 5.71 Å². The largest absolute Gasteiger partial charge is 0.399 e. The number of nitrogens with two attached hydrogens (primary N) is 1. The molecule has 4 heteroatoms. The second-order valence-electron chi connectivity index (χ2n) is 5.54. The van der Waals surface area contributed by atoms with Gasteiger partial charge < -0.3 is 5.73 Å². The summed E-state index contributed by atoms with van der Waals surface area (Å²) in [6.45, 7) is 6.08. The normalized spacial score (nSPS) is 11.5. The van der Waals surface area contributed by atoms with E-state index in [1.807, 2.05) is 43.3 Å². The second kappa shape index (κ2) is 6.89. The summed E-state index contributed by atoms with van der Waals surface area (Å²) in [6, 6.07) is 14.9. The standard InChI is InChI=1S/C18H21N3O/c1-12(2)14-4-6-16(7-5-14)18(22)21-20-13(3)15-8-10-17(19)11-9-15/h4-12H,19H2,1-3H3,(H,21,22)/b20-13+. The van der Waals surface area contributed by atoms with Gasteiger partial charge in [-0.05, 0) is 48.2 Å². The van der Waals surface area contributed by atoms with Gasteiger partial charge in [-0.25, -0.2) is 5.43 Å². The van der Waals surface area contributed by atoms with Crippen LogP contribution in [0, 0.1) is 0 Å². The van der Waals surface area contributed by atoms with Crippen molar-refractivity contribution in [2.75, 3.05) is 5.73 Å². The van der Waals surface area contributed by atoms with Crippen molar-refractivity contribution in [2.24, 2.45) is 5.10 Å². The van der Waals surface area contributed by atoms with E-state index in [4.69, 9.17) is 5.73 Å². The van der Waals surface area contributed by atoms with Crippen LogP contribution in [-0.4, -0.2) is 11.6 Å². The van der Waals surface area contributed by atoms with Crippen LogP contribution in [0.15, 0.2) is 53.6 Å². The molecule has 114 valence electrons. The Hall–Kier alpha value is -2.62. The molecule has 4 nitrogen and oxygen atoms in total. The molecule has 1 amide bonds. The van der Waals surface area contributed by atoms with Crippen LogP contribution in [-0.2, 0) is 0 Å². The molecule has 0 unspecified atom stereocenters. The minimum atomic E-state index is -0.217. The summed E-state index contributed by atoms with van der Waals surface area (Å²) in [6.07, 6.45) is 0. The zero-order chi connectivity index (χ0) is 16.1. The van der Waals surface area contributed by atoms with Crippen LogP contribution in [0.3, 0.4) is 0 Å². The number of nitrogens with one attached hydrogen (secondary N) is 1. The first kappa shape index (κ1) is 15.8. The summed E-state index contributed by atoms with van der Waals surface area (Å²) in [5.74, 6) is 0.230. The van der Waals surface area contributed by atoms with Crippen molar-refractivity contribution in [3.8, 4) is 0 Å². The van der Waals surface area contributed by atoms with Crippen molar-refractivity contribution in [2.45, 2.75) is 26.7 Å². The Bertz CT molecular complexity index is 670. The quantitative estimate of drug-likeness (QED) is 0.514. The van der Waals surface area contributed by atoms with Crippen molar-refractivity contribution in [1.29, 1.82) is 0 Å². The van der Waals surface area contributed by atoms with Crippen LogP contribution in [0.4, 0.5) is 5.69 Å². The first-order valence-corrected chi connectivity index (χ1v) is 7.28. The fourth-order valence-electron chi connectivity index (χ4n) is 2.01. The molecule has 0 aromatic heterocycles. The zero-order valence-electron chi connectivity index (χ0n) is 13.1. The number of hydrogen-bond donors (Lipinski definition) is 2. The summed E-state index contributed by atoms with van der Waals surface area (Å²) >= 11 is 0. The number of anilines is 1. The molecule has 0 fully saturated rings. The summed E-state index contributed by atoms with van der Waals surface area (Å²) in [4.78, 5) is 12.1. The molecular formula is C18H21N3O. The Morgan fingerprint density at radius 3 is 2.09 bits per heavy atom. The lowest BCUT2D eigenvalue weighted by Gasteiger charge is -2.06. The molecule has 0 aliphatic rings. The highest BCUT2D eigenvalue weighted by atomic mass is 16.2. The highest BCUT2D eigenvalue weighted by Gasteiger charge is 2.06. The van der Waals surface area contributed by atoms with Gasteiger partial charge in [-0.2, -0.15) is 5.10 Å². The summed E-state index contributed by atoms with van der Waals surface area (Å²) in [5, 5.41) is 4.13. The Morgan fingerprint density at radius 2 is 1.55 bits per heavy atom. The molecule has 0 saturated heterocycles. The van der Waals surface area contributed by atoms with E-state index in [1.165, 1.54) is 5.56 Å². The van der Waals surface area contributed by atoms with Gasteiger partial charge in [0.15, 0.2) is 0 Å². The topological polar surface area (TPSA) is 67.5 Å². The number of amides is 1. The van der Waals surface area contributed by atoms with Gasteiger partial charge in [-0.3, -0.25) is 4.79 Å². The molecule has 0 atom stereocenters. The molecule has 0 radical (unpaired) electrons. The predicted octanol–water partition coefficient (Wildman–Crippen LogP) is 3.55. The van der Waals surface area contributed by atoms with Crippen LogP contribution in [0.25, 0.3) is 0 Å². The lowest BCUT2D eigenvalue weighted by molar-refractivity contribution is 0.0955. The van der Waals surface area contributed by atoms with E-state index in [0.717, 1.165) is 11.3 Å². The molecule has 2 aromatic carbocycles. The van der Waals surface area contributed by atoms with E-state index in [-0.39, 0.29) is 5.91 Å². The molecule has 2 rings (SSSR count). The number of hydrogen-bond acceptors (Lipinski definition) is 3. The Kier molecular flexibility index (Phi) is 4.94. The molecule has 0 saturated carbocycles. The molecule has 0 bridgehead atoms. The number of carbonyl (C=O) groups is 1. The Labute approximate surface area is 131 Å². The third-order valence-corrected chi connectivity index (χ3v) is 3.49. The number of hydrazone groups is 1. The van der Waals surface area contributed by atoms with Crippen molar-refractivity contribution in [3.63, 3.8) is 0 Å². The summed E-state index contributed by atoms with van der Waals surface area (Å²) < 4.78 is 0. The Morgan fingerprint density at radius 1 is 1.00 bits per heavy atom. The number of nitrogen functional groups attached to an aromatic ring is 1. The zero-order valence-corrected chi connectivity index (χ0v) is 13.1. The molecule has 3 N–H and O–H groups in total. The third-order valence-electron chi connectivity index (χ3n) is 3.49. The van der Waals surface area contributed by atoms with E-state index in [9.17, 15) is 4.79 Å². The second-order valence-corrected chi connectivity index (χ2v) is 5.54. The molecule has 0 aliphatic carbocycles. The van der Waals surface area contributed by atoms with Gasteiger partial charge in [0.1, 0.15) is 0 Å². The molecule has 22 heavy (non-hydrogen) atoms. The van der Waals surface area contributed by atoms with Crippen LogP contribution in [0.2, 0.25) is 0 Å². The minimum Gasteiger partial charge on any atom is -0.399 e. The highest BCUT2D eigenvalue weighted by molar-refractivity contribution is 6.01. The average molecular weight is 295 g/mol. The van der Waals surface area contributed by atoms with Crippen LogP contribution in [0.1, 0.15) is 48.2 Å². The number of benzene rings is 2. The SMILES string of the molecule is C/C(=N\NC(=O)c1ccc(C(C)C)cc1)c1ccc(N)cc1. The fourth-order valence-corrected chi connectivity index (χ4v) is 2.01. The monoisotopic (exact) mass is 295 g/mol. The van der Waals surface area contributed by atoms with Crippen LogP contribution in [0.5, 0.6) is 0 Å². The maximum Gasteiger partial charge on any atom is 0.271 e. The molecule has 0 aliphatic heterocycles. The smallest absolute Gasteiger partial charge is 0.271 e. The van der Waals surface area contributed by atoms with Gasteiger partial charge in [-0.15, -0.1) is 0 Å². The molecular weight excluding hydrogens is 274 g/mol. The first-order valence-electron chi connectivity index (χ1n) is 7.28. The van der Waals surface area contributed by atoms with Gasteiger partial charge in [0.25, 0.3) is 5.91 Å². The van der Waals surface area contributed by atoms with Gasteiger partial charge >= 0.3 is 0 Å². The predicted molar refractivity (Wildman–Crippen MR) is 91.1 cm³/mol. The first-order chi connectivity index (χ1) is 10.5. The number of rotatable bonds is 4. The van der Waals surface area contributed by atoms with Crippen molar-refractivity contribution >= 4 is 17.3 Å². The number of carbonyl (C=O) groups excluding carboxylic acids is 1. The van der Waals surface area contributed by atoms with E-state index in [0.29, 0.717) is 17.2 Å². The molecule has 0 spiro atoms. The molecule has 2 aromatic rings. The van der Waals surface area contributed by atoms with Gasteiger partial charge in [-0.1, -0.05) is 38.1 Å². The maximum absolute atomic E-state index is 12.1. The minimum absolute atomic E-state index is 0.217. The van der Waals surface area contributed by atoms with Gasteiger partial charge in [0, 0.05) is 11.3 Å². The van der Waals surface area contributed by atoms with Crippen molar-refractivity contribution in [3.05, 3.63) is 65.2 Å². The van der Waals surface area contributed by atoms with Crippen molar-refractivity contribution in [1.82, 2.24) is 5.43 Å². The lowest BCUT2D eigenvalue weighted by Crippen LogP contribution is -2.19. The number of nitrogens with zero attached hydrogens (tertiary/aromatic N) is 1. The van der Waals surface area contributed by atoms with Gasteiger partial charge in [0.2, 0.25) is 0 Å². The Balaban J connectivity index is 2.05.